The first-order chi connectivity index (χ1) is 12.2. The molecule has 6 heteroatoms. The molecule has 0 radical (unpaired) electrons. The molecule has 0 spiro atoms. The van der Waals surface area contributed by atoms with Crippen LogP contribution in [0.2, 0.25) is 0 Å². The Bertz CT molecular complexity index is 1090. The lowest BCUT2D eigenvalue weighted by molar-refractivity contribution is 0.267. The molecular weight excluding hydrogens is 316 g/mol. The summed E-state index contributed by atoms with van der Waals surface area (Å²) in [6, 6.07) is 14.1. The van der Waals surface area contributed by atoms with Crippen LogP contribution in [0, 0.1) is 0 Å². The van der Waals surface area contributed by atoms with Gasteiger partial charge in [0.1, 0.15) is 23.6 Å². The Balaban J connectivity index is 1.61. The molecule has 1 aliphatic heterocycles. The van der Waals surface area contributed by atoms with Crippen LogP contribution in [0.4, 0.5) is 0 Å². The van der Waals surface area contributed by atoms with Crippen molar-refractivity contribution in [2.45, 2.75) is 26.5 Å². The maximum Gasteiger partial charge on any atom is 0.227 e. The summed E-state index contributed by atoms with van der Waals surface area (Å²) in [6.07, 6.45) is 0. The molecule has 3 heterocycles. The Labute approximate surface area is 144 Å². The van der Waals surface area contributed by atoms with Gasteiger partial charge in [-0.15, -0.1) is 5.10 Å². The zero-order valence-electron chi connectivity index (χ0n) is 13.9. The van der Waals surface area contributed by atoms with Crippen molar-refractivity contribution in [2.75, 3.05) is 0 Å². The van der Waals surface area contributed by atoms with Gasteiger partial charge in [-0.25, -0.2) is 9.67 Å². The molecular formula is C19H16N4O2. The molecule has 0 aliphatic carbocycles. The second kappa shape index (κ2) is 5.17. The van der Waals surface area contributed by atoms with Gasteiger partial charge in [0.05, 0.1) is 5.52 Å². The largest absolute Gasteiger partial charge is 0.485 e. The fraction of sp³-hybridized carbons (Fsp3) is 0.211. The number of fused-ring (bicyclic) bond motifs is 4. The molecule has 4 aromatic rings. The third kappa shape index (κ3) is 2.14. The molecule has 0 N–H and O–H groups in total. The van der Waals surface area contributed by atoms with Crippen LogP contribution in [0.15, 0.2) is 46.9 Å². The molecule has 0 unspecified atom stereocenters. The molecule has 124 valence electrons. The second-order valence-corrected chi connectivity index (χ2v) is 6.41. The molecule has 5 rings (SSSR count). The number of aromatic nitrogens is 4. The predicted molar refractivity (Wildman–Crippen MR) is 93.2 cm³/mol. The number of rotatable bonds is 2. The van der Waals surface area contributed by atoms with Crippen molar-refractivity contribution in [1.29, 1.82) is 0 Å². The van der Waals surface area contributed by atoms with Crippen LogP contribution in [0.1, 0.15) is 25.6 Å². The third-order valence-electron chi connectivity index (χ3n) is 4.41. The third-order valence-corrected chi connectivity index (χ3v) is 4.41. The van der Waals surface area contributed by atoms with Crippen molar-refractivity contribution in [3.8, 4) is 28.5 Å². The Hall–Kier alpha value is -3.15. The van der Waals surface area contributed by atoms with Gasteiger partial charge in [0, 0.05) is 17.2 Å². The lowest BCUT2D eigenvalue weighted by Gasteiger charge is -2.14. The predicted octanol–water partition coefficient (Wildman–Crippen LogP) is 4.23. The van der Waals surface area contributed by atoms with Crippen molar-refractivity contribution < 1.29 is 9.15 Å². The van der Waals surface area contributed by atoms with E-state index in [2.05, 4.69) is 24.2 Å². The van der Waals surface area contributed by atoms with E-state index in [9.17, 15) is 0 Å². The number of benzene rings is 2. The highest BCUT2D eigenvalue weighted by atomic mass is 16.5. The van der Waals surface area contributed by atoms with E-state index in [0.717, 1.165) is 39.4 Å². The maximum atomic E-state index is 5.96. The van der Waals surface area contributed by atoms with Gasteiger partial charge in [0.25, 0.3) is 0 Å². The Morgan fingerprint density at radius 3 is 2.88 bits per heavy atom. The smallest absolute Gasteiger partial charge is 0.227 e. The summed E-state index contributed by atoms with van der Waals surface area (Å²) in [4.78, 5) is 4.71. The van der Waals surface area contributed by atoms with E-state index in [1.165, 1.54) is 0 Å². The number of oxazole rings is 1. The van der Waals surface area contributed by atoms with E-state index in [-0.39, 0.29) is 6.04 Å². The zero-order valence-corrected chi connectivity index (χ0v) is 13.9. The normalized spacial score (nSPS) is 12.9. The van der Waals surface area contributed by atoms with Gasteiger partial charge >= 0.3 is 0 Å². The molecule has 2 aromatic carbocycles. The molecule has 0 bridgehead atoms. The molecule has 0 fully saturated rings. The van der Waals surface area contributed by atoms with Gasteiger partial charge in [0.15, 0.2) is 5.76 Å². The maximum absolute atomic E-state index is 5.96. The van der Waals surface area contributed by atoms with Crippen molar-refractivity contribution in [3.05, 3.63) is 48.2 Å². The molecule has 0 amide bonds. The molecule has 0 saturated heterocycles. The van der Waals surface area contributed by atoms with Crippen molar-refractivity contribution >= 4 is 11.0 Å². The van der Waals surface area contributed by atoms with Gasteiger partial charge < -0.3 is 9.15 Å². The first-order valence-corrected chi connectivity index (χ1v) is 8.28. The van der Waals surface area contributed by atoms with Crippen molar-refractivity contribution in [2.24, 2.45) is 0 Å². The van der Waals surface area contributed by atoms with Crippen LogP contribution in [0.3, 0.4) is 0 Å². The molecule has 0 atom stereocenters. The van der Waals surface area contributed by atoms with Crippen molar-refractivity contribution in [1.82, 2.24) is 20.0 Å². The quantitative estimate of drug-likeness (QED) is 0.549. The average Bonchev–Trinajstić information content (AvgIpc) is 3.25. The fourth-order valence-electron chi connectivity index (χ4n) is 3.17. The highest BCUT2D eigenvalue weighted by molar-refractivity contribution is 5.80. The van der Waals surface area contributed by atoms with E-state index in [1.807, 2.05) is 47.1 Å². The first-order valence-electron chi connectivity index (χ1n) is 8.28. The number of nitrogens with zero attached hydrogens (tertiary/aromatic N) is 4. The second-order valence-electron chi connectivity index (χ2n) is 6.41. The van der Waals surface area contributed by atoms with Gasteiger partial charge in [0.2, 0.25) is 5.89 Å². The van der Waals surface area contributed by atoms with Crippen LogP contribution >= 0.6 is 0 Å². The Morgan fingerprint density at radius 1 is 1.12 bits per heavy atom. The van der Waals surface area contributed by atoms with E-state index in [4.69, 9.17) is 14.1 Å². The number of para-hydroxylation sites is 1. The molecule has 2 aromatic heterocycles. The SMILES string of the molecule is CC(C)n1nnc2cc(-c3nc4c(o3)COc3ccccc3-4)ccc21. The van der Waals surface area contributed by atoms with E-state index in [0.29, 0.717) is 12.5 Å². The Kier molecular flexibility index (Phi) is 2.94. The van der Waals surface area contributed by atoms with Crippen LogP contribution in [0.5, 0.6) is 5.75 Å². The summed E-state index contributed by atoms with van der Waals surface area (Å²) in [5.74, 6) is 2.16. The Morgan fingerprint density at radius 2 is 2.00 bits per heavy atom. The number of hydrogen-bond donors (Lipinski definition) is 0. The minimum atomic E-state index is 0.263. The van der Waals surface area contributed by atoms with E-state index in [1.54, 1.807) is 0 Å². The average molecular weight is 332 g/mol. The first kappa shape index (κ1) is 14.2. The van der Waals surface area contributed by atoms with E-state index >= 15 is 0 Å². The summed E-state index contributed by atoms with van der Waals surface area (Å²) in [5, 5.41) is 8.48. The fourth-order valence-corrected chi connectivity index (χ4v) is 3.17. The minimum Gasteiger partial charge on any atom is -0.485 e. The number of ether oxygens (including phenoxy) is 1. The van der Waals surface area contributed by atoms with Gasteiger partial charge in [-0.2, -0.15) is 0 Å². The van der Waals surface area contributed by atoms with E-state index < -0.39 is 0 Å². The van der Waals surface area contributed by atoms with Gasteiger partial charge in [-0.1, -0.05) is 17.3 Å². The number of hydrogen-bond acceptors (Lipinski definition) is 5. The lowest BCUT2D eigenvalue weighted by Crippen LogP contribution is -2.03. The summed E-state index contributed by atoms with van der Waals surface area (Å²) in [7, 11) is 0. The molecule has 1 aliphatic rings. The van der Waals surface area contributed by atoms with Crippen LogP contribution in [-0.2, 0) is 6.61 Å². The highest BCUT2D eigenvalue weighted by Gasteiger charge is 2.24. The van der Waals surface area contributed by atoms with Gasteiger partial charge in [-0.3, -0.25) is 0 Å². The zero-order chi connectivity index (χ0) is 17.0. The van der Waals surface area contributed by atoms with Crippen LogP contribution < -0.4 is 4.74 Å². The summed E-state index contributed by atoms with van der Waals surface area (Å²) >= 11 is 0. The molecule has 6 nitrogen and oxygen atoms in total. The standard InChI is InChI=1S/C19H16N4O2/c1-11(2)23-15-8-7-12(9-14(15)21-22-23)19-20-18-13-5-3-4-6-16(13)24-10-17(18)25-19/h3-9,11H,10H2,1-2H3. The lowest BCUT2D eigenvalue weighted by atomic mass is 10.1. The van der Waals surface area contributed by atoms with Gasteiger partial charge in [-0.05, 0) is 44.2 Å². The van der Waals surface area contributed by atoms with Crippen LogP contribution in [0.25, 0.3) is 33.7 Å². The molecule has 25 heavy (non-hydrogen) atoms. The van der Waals surface area contributed by atoms with Crippen LogP contribution in [-0.4, -0.2) is 20.0 Å². The summed E-state index contributed by atoms with van der Waals surface area (Å²) in [5.41, 5.74) is 4.53. The molecule has 0 saturated carbocycles. The monoisotopic (exact) mass is 332 g/mol. The minimum absolute atomic E-state index is 0.263. The van der Waals surface area contributed by atoms with Crippen molar-refractivity contribution in [3.63, 3.8) is 0 Å². The summed E-state index contributed by atoms with van der Waals surface area (Å²) < 4.78 is 13.6. The highest BCUT2D eigenvalue weighted by Crippen LogP contribution is 2.39. The summed E-state index contributed by atoms with van der Waals surface area (Å²) in [6.45, 7) is 4.56. The topological polar surface area (TPSA) is 66.0 Å².